The average molecular weight is 227 g/mol. The van der Waals surface area contributed by atoms with Crippen molar-refractivity contribution >= 4 is 0 Å². The third-order valence-corrected chi connectivity index (χ3v) is 3.82. The van der Waals surface area contributed by atoms with Crippen molar-refractivity contribution in [3.8, 4) is 0 Å². The second kappa shape index (κ2) is 8.04. The molecular weight excluding hydrogens is 198 g/mol. The molecule has 0 aromatic heterocycles. The molecule has 0 aromatic rings. The molecule has 0 bridgehead atoms. The van der Waals surface area contributed by atoms with E-state index in [4.69, 9.17) is 0 Å². The van der Waals surface area contributed by atoms with Gasteiger partial charge in [-0.1, -0.05) is 6.92 Å². The Morgan fingerprint density at radius 2 is 1.94 bits per heavy atom. The normalized spacial score (nSPS) is 19.5. The van der Waals surface area contributed by atoms with E-state index in [2.05, 4.69) is 29.1 Å². The summed E-state index contributed by atoms with van der Waals surface area (Å²) in [6.07, 6.45) is 5.34. The Hall–Kier alpha value is -0.120. The monoisotopic (exact) mass is 227 g/mol. The third kappa shape index (κ3) is 4.81. The molecule has 0 saturated carbocycles. The third-order valence-electron chi connectivity index (χ3n) is 3.82. The highest BCUT2D eigenvalue weighted by Gasteiger charge is 2.20. The summed E-state index contributed by atoms with van der Waals surface area (Å²) in [6, 6.07) is 0.831. The highest BCUT2D eigenvalue weighted by Crippen LogP contribution is 2.15. The summed E-state index contributed by atoms with van der Waals surface area (Å²) < 4.78 is 0. The Labute approximate surface area is 101 Å². The Kier molecular flexibility index (Phi) is 7.01. The molecular formula is C13H29N3. The van der Waals surface area contributed by atoms with Gasteiger partial charge in [-0.15, -0.1) is 0 Å². The quantitative estimate of drug-likeness (QED) is 0.663. The smallest absolute Gasteiger partial charge is 0.0117 e. The van der Waals surface area contributed by atoms with Crippen LogP contribution in [-0.4, -0.2) is 62.7 Å². The molecule has 1 N–H and O–H groups in total. The van der Waals surface area contributed by atoms with Crippen LogP contribution in [0, 0.1) is 0 Å². The number of unbranched alkanes of at least 4 members (excludes halogenated alkanes) is 1. The Morgan fingerprint density at radius 1 is 1.25 bits per heavy atom. The van der Waals surface area contributed by atoms with Gasteiger partial charge in [0.05, 0.1) is 0 Å². The molecule has 0 radical (unpaired) electrons. The van der Waals surface area contributed by atoms with E-state index in [9.17, 15) is 0 Å². The minimum absolute atomic E-state index is 0.831. The van der Waals surface area contributed by atoms with Crippen LogP contribution >= 0.6 is 0 Å². The van der Waals surface area contributed by atoms with Gasteiger partial charge in [-0.2, -0.15) is 0 Å². The van der Waals surface area contributed by atoms with Gasteiger partial charge in [0.15, 0.2) is 0 Å². The van der Waals surface area contributed by atoms with Crippen molar-refractivity contribution in [2.75, 3.05) is 46.8 Å². The fourth-order valence-electron chi connectivity index (χ4n) is 2.52. The maximum Gasteiger partial charge on any atom is 0.0117 e. The SMILES string of the molecule is CCN1CCC(N(C)CCCCNC)CC1. The summed E-state index contributed by atoms with van der Waals surface area (Å²) in [4.78, 5) is 5.13. The van der Waals surface area contributed by atoms with Gasteiger partial charge in [0.1, 0.15) is 0 Å². The molecule has 0 atom stereocenters. The van der Waals surface area contributed by atoms with Crippen molar-refractivity contribution in [1.82, 2.24) is 15.1 Å². The molecule has 1 aliphatic rings. The molecule has 0 spiro atoms. The summed E-state index contributed by atoms with van der Waals surface area (Å²) in [5.74, 6) is 0. The van der Waals surface area contributed by atoms with Crippen LogP contribution in [0.15, 0.2) is 0 Å². The average Bonchev–Trinajstić information content (AvgIpc) is 2.34. The number of hydrogen-bond acceptors (Lipinski definition) is 3. The predicted molar refractivity (Wildman–Crippen MR) is 70.9 cm³/mol. The first-order valence-electron chi connectivity index (χ1n) is 6.85. The van der Waals surface area contributed by atoms with E-state index in [1.807, 2.05) is 7.05 Å². The summed E-state index contributed by atoms with van der Waals surface area (Å²) in [6.45, 7) is 8.49. The first-order chi connectivity index (χ1) is 7.77. The lowest BCUT2D eigenvalue weighted by Crippen LogP contribution is -2.43. The highest BCUT2D eigenvalue weighted by molar-refractivity contribution is 4.77. The molecule has 1 fully saturated rings. The van der Waals surface area contributed by atoms with Crippen molar-refractivity contribution < 1.29 is 0 Å². The first-order valence-corrected chi connectivity index (χ1v) is 6.85. The fourth-order valence-corrected chi connectivity index (χ4v) is 2.52. The standard InChI is InChI=1S/C13H29N3/c1-4-16-11-7-13(8-12-16)15(3)10-6-5-9-14-2/h13-14H,4-12H2,1-3H3. The Bertz CT molecular complexity index is 165. The van der Waals surface area contributed by atoms with Crippen LogP contribution in [0.3, 0.4) is 0 Å². The van der Waals surface area contributed by atoms with Gasteiger partial charge in [0, 0.05) is 6.04 Å². The van der Waals surface area contributed by atoms with E-state index in [0.717, 1.165) is 12.6 Å². The van der Waals surface area contributed by atoms with Crippen molar-refractivity contribution in [2.24, 2.45) is 0 Å². The van der Waals surface area contributed by atoms with Crippen LogP contribution in [0.4, 0.5) is 0 Å². The minimum atomic E-state index is 0.831. The molecule has 96 valence electrons. The second-order valence-corrected chi connectivity index (χ2v) is 4.96. The van der Waals surface area contributed by atoms with Crippen LogP contribution in [0.5, 0.6) is 0 Å². The predicted octanol–water partition coefficient (Wildman–Crippen LogP) is 1.40. The zero-order valence-electron chi connectivity index (χ0n) is 11.3. The molecule has 16 heavy (non-hydrogen) atoms. The number of rotatable bonds is 7. The van der Waals surface area contributed by atoms with E-state index in [1.54, 1.807) is 0 Å². The molecule has 3 nitrogen and oxygen atoms in total. The highest BCUT2D eigenvalue weighted by atomic mass is 15.2. The lowest BCUT2D eigenvalue weighted by molar-refractivity contribution is 0.130. The summed E-state index contributed by atoms with van der Waals surface area (Å²) >= 11 is 0. The van der Waals surface area contributed by atoms with E-state index in [0.29, 0.717) is 0 Å². The molecule has 0 amide bonds. The summed E-state index contributed by atoms with van der Waals surface area (Å²) in [5, 5.41) is 3.21. The summed E-state index contributed by atoms with van der Waals surface area (Å²) in [5.41, 5.74) is 0. The van der Waals surface area contributed by atoms with Crippen LogP contribution in [-0.2, 0) is 0 Å². The zero-order chi connectivity index (χ0) is 11.8. The van der Waals surface area contributed by atoms with E-state index in [-0.39, 0.29) is 0 Å². The van der Waals surface area contributed by atoms with Crippen LogP contribution in [0.1, 0.15) is 32.6 Å². The molecule has 1 saturated heterocycles. The van der Waals surface area contributed by atoms with Crippen molar-refractivity contribution in [3.63, 3.8) is 0 Å². The molecule has 3 heteroatoms. The van der Waals surface area contributed by atoms with Gasteiger partial charge >= 0.3 is 0 Å². The van der Waals surface area contributed by atoms with E-state index >= 15 is 0 Å². The molecule has 1 heterocycles. The number of nitrogens with one attached hydrogen (secondary N) is 1. The van der Waals surface area contributed by atoms with Gasteiger partial charge in [0.25, 0.3) is 0 Å². The molecule has 1 aliphatic heterocycles. The van der Waals surface area contributed by atoms with E-state index in [1.165, 1.54) is 51.9 Å². The van der Waals surface area contributed by atoms with E-state index < -0.39 is 0 Å². The van der Waals surface area contributed by atoms with Gasteiger partial charge < -0.3 is 15.1 Å². The minimum Gasteiger partial charge on any atom is -0.320 e. The van der Waals surface area contributed by atoms with Crippen LogP contribution in [0.25, 0.3) is 0 Å². The maximum absolute atomic E-state index is 3.21. The van der Waals surface area contributed by atoms with Gasteiger partial charge in [-0.05, 0) is 72.5 Å². The van der Waals surface area contributed by atoms with Gasteiger partial charge in [-0.3, -0.25) is 0 Å². The Balaban J connectivity index is 2.10. The van der Waals surface area contributed by atoms with Gasteiger partial charge in [0.2, 0.25) is 0 Å². The lowest BCUT2D eigenvalue weighted by atomic mass is 10.0. The fraction of sp³-hybridized carbons (Fsp3) is 1.00. The summed E-state index contributed by atoms with van der Waals surface area (Å²) in [7, 11) is 4.33. The first kappa shape index (κ1) is 13.9. The molecule has 0 aliphatic carbocycles. The largest absolute Gasteiger partial charge is 0.320 e. The number of piperidine rings is 1. The van der Waals surface area contributed by atoms with Crippen molar-refractivity contribution in [1.29, 1.82) is 0 Å². The van der Waals surface area contributed by atoms with Crippen molar-refractivity contribution in [3.05, 3.63) is 0 Å². The van der Waals surface area contributed by atoms with Crippen LogP contribution < -0.4 is 5.32 Å². The molecule has 0 aromatic carbocycles. The zero-order valence-corrected chi connectivity index (χ0v) is 11.3. The Morgan fingerprint density at radius 3 is 2.50 bits per heavy atom. The lowest BCUT2D eigenvalue weighted by Gasteiger charge is -2.36. The number of hydrogen-bond donors (Lipinski definition) is 1. The number of nitrogens with zero attached hydrogens (tertiary/aromatic N) is 2. The maximum atomic E-state index is 3.21. The van der Waals surface area contributed by atoms with Crippen molar-refractivity contribution in [2.45, 2.75) is 38.6 Å². The second-order valence-electron chi connectivity index (χ2n) is 4.96. The molecule has 1 rings (SSSR count). The molecule has 0 unspecified atom stereocenters. The van der Waals surface area contributed by atoms with Gasteiger partial charge in [-0.25, -0.2) is 0 Å². The topological polar surface area (TPSA) is 18.5 Å². The number of likely N-dealkylation sites (tertiary alicyclic amines) is 1. The van der Waals surface area contributed by atoms with Crippen LogP contribution in [0.2, 0.25) is 0 Å².